The Bertz CT molecular complexity index is 1850. The molecule has 0 aliphatic carbocycles. The number of halogens is 2. The van der Waals surface area contributed by atoms with Gasteiger partial charge in [0.1, 0.15) is 45.9 Å². The van der Waals surface area contributed by atoms with Gasteiger partial charge < -0.3 is 14.5 Å². The van der Waals surface area contributed by atoms with Crippen LogP contribution in [0.25, 0.3) is 22.2 Å². The number of anilines is 2. The van der Waals surface area contributed by atoms with E-state index in [2.05, 4.69) is 20.6 Å². The Morgan fingerprint density at radius 2 is 1.93 bits per heavy atom. The minimum absolute atomic E-state index is 0.0329. The van der Waals surface area contributed by atoms with E-state index in [-0.39, 0.29) is 29.0 Å². The predicted molar refractivity (Wildman–Crippen MR) is 159 cm³/mol. The highest BCUT2D eigenvalue weighted by molar-refractivity contribution is 7.90. The summed E-state index contributed by atoms with van der Waals surface area (Å²) in [7, 11) is -3.05. The lowest BCUT2D eigenvalue weighted by Crippen LogP contribution is -2.21. The highest BCUT2D eigenvalue weighted by Crippen LogP contribution is 2.36. The molecule has 0 fully saturated rings. The van der Waals surface area contributed by atoms with Crippen LogP contribution in [0.1, 0.15) is 11.3 Å². The van der Waals surface area contributed by atoms with Crippen molar-refractivity contribution in [3.63, 3.8) is 0 Å². The molecule has 0 saturated heterocycles. The van der Waals surface area contributed by atoms with E-state index in [0.717, 1.165) is 5.01 Å². The van der Waals surface area contributed by atoms with Crippen molar-refractivity contribution < 1.29 is 22.0 Å². The Hall–Kier alpha value is -4.39. The van der Waals surface area contributed by atoms with Gasteiger partial charge in [0.15, 0.2) is 5.82 Å². The van der Waals surface area contributed by atoms with Gasteiger partial charge in [-0.15, -0.1) is 4.91 Å². The molecule has 3 aromatic carbocycles. The lowest BCUT2D eigenvalue weighted by molar-refractivity contribution is 0.306. The Morgan fingerprint density at radius 1 is 1.07 bits per heavy atom. The van der Waals surface area contributed by atoms with Crippen LogP contribution in [0.2, 0.25) is 5.02 Å². The third-order valence-electron chi connectivity index (χ3n) is 6.23. The maximum absolute atomic E-state index is 13.5. The third kappa shape index (κ3) is 7.08. The van der Waals surface area contributed by atoms with Crippen LogP contribution in [0.15, 0.2) is 88.8 Å². The van der Waals surface area contributed by atoms with Crippen molar-refractivity contribution in [3.05, 3.63) is 106 Å². The molecule has 0 atom stereocenters. The van der Waals surface area contributed by atoms with Crippen LogP contribution in [-0.4, -0.2) is 36.9 Å². The quantitative estimate of drug-likeness (QED) is 0.0996. The molecule has 1 N–H and O–H groups in total. The van der Waals surface area contributed by atoms with E-state index in [1.165, 1.54) is 30.8 Å². The van der Waals surface area contributed by atoms with Gasteiger partial charge in [-0.05, 0) is 66.2 Å². The summed E-state index contributed by atoms with van der Waals surface area (Å²) in [6, 6.07) is 19.8. The topological polar surface area (TPSA) is 127 Å². The second kappa shape index (κ2) is 12.6. The number of nitrogens with zero attached hydrogens (tertiary/aromatic N) is 4. The number of furan rings is 1. The fraction of sp³-hybridized carbons (Fsp3) is 0.172. The maximum Gasteiger partial charge on any atom is 0.168 e. The van der Waals surface area contributed by atoms with Gasteiger partial charge in [0.25, 0.3) is 0 Å². The number of nitroso groups, excluding NO2 is 1. The number of fused-ring (bicyclic) bond motifs is 1. The standard InChI is InChI=1S/C29H25ClFN5O5S/c1-42(38,39)12-11-32-16-23-7-10-27(41-23)20-5-8-26-24(14-20)29(34-18-33-26)36(35-37)22-6-9-28(25(30)15-22)40-17-19-3-2-4-21(31)13-19/h2-10,13-15,18,32H,11-12,16-17H2,1H3. The van der Waals surface area contributed by atoms with Crippen molar-refractivity contribution in [1.82, 2.24) is 15.3 Å². The van der Waals surface area contributed by atoms with Gasteiger partial charge in [-0.1, -0.05) is 23.7 Å². The first kappa shape index (κ1) is 29.1. The number of ether oxygens (including phenoxy) is 1. The van der Waals surface area contributed by atoms with E-state index in [0.29, 0.717) is 58.1 Å². The average Bonchev–Trinajstić information content (AvgIpc) is 3.44. The molecule has 42 heavy (non-hydrogen) atoms. The van der Waals surface area contributed by atoms with Crippen molar-refractivity contribution in [2.24, 2.45) is 5.29 Å². The Morgan fingerprint density at radius 3 is 2.69 bits per heavy atom. The van der Waals surface area contributed by atoms with Crippen LogP contribution in [0.4, 0.5) is 15.9 Å². The smallest absolute Gasteiger partial charge is 0.168 e. The summed E-state index contributed by atoms with van der Waals surface area (Å²) in [5, 5.41) is 8.12. The third-order valence-corrected chi connectivity index (χ3v) is 7.48. The molecule has 0 saturated carbocycles. The zero-order valence-electron chi connectivity index (χ0n) is 22.3. The van der Waals surface area contributed by atoms with Crippen molar-refractivity contribution >= 4 is 43.8 Å². The fourth-order valence-corrected chi connectivity index (χ4v) is 4.94. The molecule has 2 heterocycles. The lowest BCUT2D eigenvalue weighted by atomic mass is 10.1. The molecule has 0 aliphatic rings. The number of sulfone groups is 1. The Kier molecular flexibility index (Phi) is 8.76. The molecule has 10 nitrogen and oxygen atoms in total. The highest BCUT2D eigenvalue weighted by Gasteiger charge is 2.18. The summed E-state index contributed by atoms with van der Waals surface area (Å²) in [4.78, 5) is 20.7. The summed E-state index contributed by atoms with van der Waals surface area (Å²) in [5.74, 6) is 1.46. The number of benzene rings is 3. The summed E-state index contributed by atoms with van der Waals surface area (Å²) >= 11 is 6.46. The number of nitrogens with one attached hydrogen (secondary N) is 1. The van der Waals surface area contributed by atoms with Crippen molar-refractivity contribution in [3.8, 4) is 17.1 Å². The minimum Gasteiger partial charge on any atom is -0.487 e. The first-order valence-electron chi connectivity index (χ1n) is 12.7. The van der Waals surface area contributed by atoms with Gasteiger partial charge >= 0.3 is 0 Å². The summed E-state index contributed by atoms with van der Waals surface area (Å²) < 4.78 is 47.8. The first-order chi connectivity index (χ1) is 20.2. The normalized spacial score (nSPS) is 11.5. The van der Waals surface area contributed by atoms with Crippen LogP contribution in [0.3, 0.4) is 0 Å². The van der Waals surface area contributed by atoms with E-state index in [1.807, 2.05) is 6.07 Å². The average molecular weight is 610 g/mol. The molecule has 0 amide bonds. The summed E-state index contributed by atoms with van der Waals surface area (Å²) in [6.45, 7) is 0.782. The maximum atomic E-state index is 13.5. The number of rotatable bonds is 12. The second-order valence-corrected chi connectivity index (χ2v) is 12.1. The van der Waals surface area contributed by atoms with E-state index in [9.17, 15) is 17.7 Å². The molecule has 0 bridgehead atoms. The van der Waals surface area contributed by atoms with Gasteiger partial charge in [-0.25, -0.2) is 22.8 Å². The lowest BCUT2D eigenvalue weighted by Gasteiger charge is -2.17. The molecule has 0 spiro atoms. The van der Waals surface area contributed by atoms with Gasteiger partial charge in [-0.2, -0.15) is 5.01 Å². The second-order valence-electron chi connectivity index (χ2n) is 9.43. The molecule has 5 rings (SSSR count). The van der Waals surface area contributed by atoms with E-state index < -0.39 is 9.84 Å². The monoisotopic (exact) mass is 609 g/mol. The molecule has 13 heteroatoms. The fourth-order valence-electron chi connectivity index (χ4n) is 4.20. The zero-order chi connectivity index (χ0) is 29.7. The van der Waals surface area contributed by atoms with Gasteiger partial charge in [-0.3, -0.25) is 0 Å². The van der Waals surface area contributed by atoms with E-state index in [4.69, 9.17) is 20.8 Å². The number of hydrogen-bond donors (Lipinski definition) is 1. The van der Waals surface area contributed by atoms with Crippen molar-refractivity contribution in [2.45, 2.75) is 13.2 Å². The summed E-state index contributed by atoms with van der Waals surface area (Å²) in [6.07, 6.45) is 2.52. The van der Waals surface area contributed by atoms with Crippen LogP contribution in [0.5, 0.6) is 5.75 Å². The molecule has 0 unspecified atom stereocenters. The first-order valence-corrected chi connectivity index (χ1v) is 15.2. The van der Waals surface area contributed by atoms with E-state index >= 15 is 0 Å². The Labute approximate surface area is 246 Å². The Balaban J connectivity index is 1.36. The molecule has 0 aliphatic heterocycles. The van der Waals surface area contributed by atoms with Crippen molar-refractivity contribution in [1.29, 1.82) is 0 Å². The minimum atomic E-state index is -3.05. The highest BCUT2D eigenvalue weighted by atomic mass is 35.5. The van der Waals surface area contributed by atoms with Crippen LogP contribution >= 0.6 is 11.6 Å². The van der Waals surface area contributed by atoms with Gasteiger partial charge in [0, 0.05) is 23.8 Å². The van der Waals surface area contributed by atoms with E-state index in [1.54, 1.807) is 48.5 Å². The number of hydrogen-bond acceptors (Lipinski definition) is 9. The van der Waals surface area contributed by atoms with Gasteiger partial charge in [0.2, 0.25) is 0 Å². The van der Waals surface area contributed by atoms with Crippen LogP contribution in [-0.2, 0) is 23.0 Å². The van der Waals surface area contributed by atoms with Gasteiger partial charge in [0.05, 0.1) is 33.8 Å². The predicted octanol–water partition coefficient (Wildman–Crippen LogP) is 6.22. The zero-order valence-corrected chi connectivity index (χ0v) is 23.9. The molecular formula is C29H25ClFN5O5S. The summed E-state index contributed by atoms with van der Waals surface area (Å²) in [5.41, 5.74) is 2.28. The largest absolute Gasteiger partial charge is 0.487 e. The SMILES string of the molecule is CS(=O)(=O)CCNCc1ccc(-c2ccc3ncnc(N(N=O)c4ccc(OCc5cccc(F)c5)c(Cl)c4)c3c2)o1. The molecule has 5 aromatic rings. The van der Waals surface area contributed by atoms with Crippen LogP contribution < -0.4 is 15.1 Å². The molecule has 0 radical (unpaired) electrons. The molecular weight excluding hydrogens is 585 g/mol. The molecule has 216 valence electrons. The van der Waals surface area contributed by atoms with Crippen molar-refractivity contribution in [2.75, 3.05) is 23.6 Å². The number of aromatic nitrogens is 2. The molecule has 2 aromatic heterocycles. The van der Waals surface area contributed by atoms with Crippen LogP contribution in [0, 0.1) is 10.7 Å².